The van der Waals surface area contributed by atoms with Crippen LogP contribution in [-0.2, 0) is 0 Å². The van der Waals surface area contributed by atoms with Gasteiger partial charge in [-0.3, -0.25) is 10.1 Å². The number of hydrogen-bond donors (Lipinski definition) is 0. The van der Waals surface area contributed by atoms with E-state index >= 15 is 0 Å². The Hall–Kier alpha value is -0.640. The first-order valence-electron chi connectivity index (χ1n) is 4.63. The summed E-state index contributed by atoms with van der Waals surface area (Å²) in [5.74, 6) is 0. The summed E-state index contributed by atoms with van der Waals surface area (Å²) in [6, 6.07) is 0. The van der Waals surface area contributed by atoms with Crippen molar-refractivity contribution in [3.05, 3.63) is 10.1 Å². The Labute approximate surface area is 72.7 Å². The average molecular weight is 172 g/mol. The zero-order valence-electron chi connectivity index (χ0n) is 7.37. The second-order valence-corrected chi connectivity index (χ2v) is 3.31. The summed E-state index contributed by atoms with van der Waals surface area (Å²) in [5.41, 5.74) is 0. The highest BCUT2D eigenvalue weighted by atomic mass is 16.6. The van der Waals surface area contributed by atoms with Crippen LogP contribution in [0, 0.1) is 10.1 Å². The van der Waals surface area contributed by atoms with Crippen molar-refractivity contribution in [3.63, 3.8) is 0 Å². The van der Waals surface area contributed by atoms with Gasteiger partial charge < -0.3 is 4.90 Å². The van der Waals surface area contributed by atoms with Gasteiger partial charge in [-0.2, -0.15) is 0 Å². The molecule has 1 aliphatic rings. The number of nitro groups is 1. The van der Waals surface area contributed by atoms with Crippen molar-refractivity contribution < 1.29 is 4.92 Å². The molecule has 4 nitrogen and oxygen atoms in total. The molecule has 0 radical (unpaired) electrons. The molecule has 0 aromatic rings. The molecule has 0 saturated carbocycles. The van der Waals surface area contributed by atoms with Gasteiger partial charge in [0.25, 0.3) is 0 Å². The third-order valence-corrected chi connectivity index (χ3v) is 2.26. The molecular formula is C8H16N2O2. The quantitative estimate of drug-likeness (QED) is 0.472. The lowest BCUT2D eigenvalue weighted by Gasteiger charge is -2.25. The highest BCUT2D eigenvalue weighted by Crippen LogP contribution is 2.08. The zero-order chi connectivity index (χ0) is 8.81. The molecule has 0 aromatic carbocycles. The molecule has 12 heavy (non-hydrogen) atoms. The molecule has 1 aliphatic heterocycles. The molecule has 0 N–H and O–H groups in total. The minimum Gasteiger partial charge on any atom is -0.303 e. The Kier molecular flexibility index (Phi) is 4.00. The second-order valence-electron chi connectivity index (χ2n) is 3.31. The number of nitrogens with zero attached hydrogens (tertiary/aromatic N) is 2. The normalized spacial score (nSPS) is 19.3. The van der Waals surface area contributed by atoms with Crippen LogP contribution in [0.25, 0.3) is 0 Å². The Morgan fingerprint density at radius 3 is 2.50 bits per heavy atom. The third kappa shape index (κ3) is 3.67. The maximum Gasteiger partial charge on any atom is 0.205 e. The number of hydrogen-bond acceptors (Lipinski definition) is 3. The van der Waals surface area contributed by atoms with Crippen molar-refractivity contribution in [1.29, 1.82) is 0 Å². The lowest BCUT2D eigenvalue weighted by atomic mass is 10.1. The molecule has 0 aliphatic carbocycles. The maximum atomic E-state index is 10.0. The smallest absolute Gasteiger partial charge is 0.205 e. The van der Waals surface area contributed by atoms with E-state index in [1.54, 1.807) is 0 Å². The molecule has 1 fully saturated rings. The molecule has 1 rings (SSSR count). The van der Waals surface area contributed by atoms with Crippen LogP contribution in [0.4, 0.5) is 0 Å². The van der Waals surface area contributed by atoms with Crippen LogP contribution in [0.15, 0.2) is 0 Å². The van der Waals surface area contributed by atoms with Gasteiger partial charge in [-0.15, -0.1) is 0 Å². The van der Waals surface area contributed by atoms with Crippen molar-refractivity contribution >= 4 is 0 Å². The zero-order valence-corrected chi connectivity index (χ0v) is 7.37. The van der Waals surface area contributed by atoms with E-state index in [1.807, 2.05) is 0 Å². The molecule has 0 bridgehead atoms. The predicted octanol–water partition coefficient (Wildman–Crippen LogP) is 1.14. The first kappa shape index (κ1) is 9.45. The summed E-state index contributed by atoms with van der Waals surface area (Å²) in [6.07, 6.45) is 4.55. The van der Waals surface area contributed by atoms with E-state index in [0.717, 1.165) is 19.6 Å². The van der Waals surface area contributed by atoms with E-state index in [2.05, 4.69) is 4.90 Å². The van der Waals surface area contributed by atoms with Gasteiger partial charge in [0.2, 0.25) is 6.54 Å². The van der Waals surface area contributed by atoms with E-state index in [9.17, 15) is 10.1 Å². The molecule has 0 aromatic heterocycles. The molecule has 0 atom stereocenters. The summed E-state index contributed by atoms with van der Waals surface area (Å²) in [7, 11) is 0. The van der Waals surface area contributed by atoms with E-state index < -0.39 is 0 Å². The van der Waals surface area contributed by atoms with Gasteiger partial charge in [0.15, 0.2) is 0 Å². The minimum absolute atomic E-state index is 0.122. The summed E-state index contributed by atoms with van der Waals surface area (Å²) >= 11 is 0. The van der Waals surface area contributed by atoms with Gasteiger partial charge in [0.05, 0.1) is 0 Å². The lowest BCUT2D eigenvalue weighted by Crippen LogP contribution is -2.31. The van der Waals surface area contributed by atoms with Crippen LogP contribution in [0.2, 0.25) is 0 Å². The molecule has 0 unspecified atom stereocenters. The topological polar surface area (TPSA) is 46.4 Å². The van der Waals surface area contributed by atoms with Crippen LogP contribution in [0.5, 0.6) is 0 Å². The molecule has 1 heterocycles. The largest absolute Gasteiger partial charge is 0.303 e. The number of piperidine rings is 1. The van der Waals surface area contributed by atoms with E-state index in [-0.39, 0.29) is 11.5 Å². The summed E-state index contributed by atoms with van der Waals surface area (Å²) in [4.78, 5) is 12.1. The van der Waals surface area contributed by atoms with Crippen molar-refractivity contribution in [2.45, 2.75) is 25.7 Å². The lowest BCUT2D eigenvalue weighted by molar-refractivity contribution is -0.480. The summed E-state index contributed by atoms with van der Waals surface area (Å²) < 4.78 is 0. The molecule has 70 valence electrons. The summed E-state index contributed by atoms with van der Waals surface area (Å²) in [6.45, 7) is 3.30. The molecule has 1 saturated heterocycles. The maximum absolute atomic E-state index is 10.0. The van der Waals surface area contributed by atoms with Crippen LogP contribution in [-0.4, -0.2) is 36.0 Å². The Morgan fingerprint density at radius 1 is 1.25 bits per heavy atom. The first-order chi connectivity index (χ1) is 5.79. The van der Waals surface area contributed by atoms with Gasteiger partial charge >= 0.3 is 0 Å². The van der Waals surface area contributed by atoms with E-state index in [0.29, 0.717) is 6.42 Å². The predicted molar refractivity (Wildman–Crippen MR) is 46.8 cm³/mol. The summed E-state index contributed by atoms with van der Waals surface area (Å²) in [5, 5.41) is 10.0. The monoisotopic (exact) mass is 172 g/mol. The highest BCUT2D eigenvalue weighted by Gasteiger charge is 2.09. The second kappa shape index (κ2) is 5.09. The SMILES string of the molecule is O=[N+]([O-])CCCN1CCCCC1. The standard InChI is InChI=1S/C8H16N2O2/c11-10(12)8-4-7-9-5-2-1-3-6-9/h1-8H2. The Bertz CT molecular complexity index is 144. The minimum atomic E-state index is -0.232. The van der Waals surface area contributed by atoms with Gasteiger partial charge in [-0.05, 0) is 25.9 Å². The highest BCUT2D eigenvalue weighted by molar-refractivity contribution is 4.63. The van der Waals surface area contributed by atoms with Crippen LogP contribution < -0.4 is 0 Å². The molecular weight excluding hydrogens is 156 g/mol. The van der Waals surface area contributed by atoms with Gasteiger partial charge in [-0.25, -0.2) is 0 Å². The average Bonchev–Trinajstić information content (AvgIpc) is 2.05. The molecule has 0 amide bonds. The van der Waals surface area contributed by atoms with Crippen molar-refractivity contribution in [2.24, 2.45) is 0 Å². The number of rotatable bonds is 4. The third-order valence-electron chi connectivity index (χ3n) is 2.26. The first-order valence-corrected chi connectivity index (χ1v) is 4.63. The molecule has 4 heteroatoms. The van der Waals surface area contributed by atoms with Crippen LogP contribution in [0.3, 0.4) is 0 Å². The Balaban J connectivity index is 2.01. The molecule has 0 spiro atoms. The van der Waals surface area contributed by atoms with Crippen LogP contribution in [0.1, 0.15) is 25.7 Å². The number of likely N-dealkylation sites (tertiary alicyclic amines) is 1. The van der Waals surface area contributed by atoms with E-state index in [1.165, 1.54) is 19.3 Å². The van der Waals surface area contributed by atoms with Crippen molar-refractivity contribution in [1.82, 2.24) is 4.90 Å². The van der Waals surface area contributed by atoms with E-state index in [4.69, 9.17) is 0 Å². The van der Waals surface area contributed by atoms with Crippen LogP contribution >= 0.6 is 0 Å². The Morgan fingerprint density at radius 2 is 1.92 bits per heavy atom. The van der Waals surface area contributed by atoms with Crippen molar-refractivity contribution in [3.8, 4) is 0 Å². The van der Waals surface area contributed by atoms with Crippen molar-refractivity contribution in [2.75, 3.05) is 26.2 Å². The van der Waals surface area contributed by atoms with Gasteiger partial charge in [0, 0.05) is 17.9 Å². The van der Waals surface area contributed by atoms with Gasteiger partial charge in [0.1, 0.15) is 0 Å². The fraction of sp³-hybridized carbons (Fsp3) is 1.00. The fourth-order valence-corrected chi connectivity index (χ4v) is 1.61. The fourth-order valence-electron chi connectivity index (χ4n) is 1.61. The van der Waals surface area contributed by atoms with Gasteiger partial charge in [-0.1, -0.05) is 6.42 Å².